The van der Waals surface area contributed by atoms with Crippen molar-refractivity contribution in [1.82, 2.24) is 34.4 Å². The van der Waals surface area contributed by atoms with Crippen LogP contribution in [0.25, 0.3) is 22.4 Å². The summed E-state index contributed by atoms with van der Waals surface area (Å²) in [5.41, 5.74) is 4.26. The number of rotatable bonds is 22. The van der Waals surface area contributed by atoms with Gasteiger partial charge in [-0.1, -0.05) is 65.0 Å². The Kier molecular flexibility index (Phi) is 17.2. The molecule has 2 amide bonds. The Morgan fingerprint density at radius 3 is 1.83 bits per heavy atom. The van der Waals surface area contributed by atoms with Crippen LogP contribution in [0.2, 0.25) is 77.1 Å². The van der Waals surface area contributed by atoms with Crippen LogP contribution in [0.15, 0.2) is 49.2 Å². The highest BCUT2D eigenvalue weighted by atomic mass is 28.3. The lowest BCUT2D eigenvalue weighted by atomic mass is 9.96. The Bertz CT molecular complexity index is 2080. The monoisotopic (exact) mass is 922 g/mol. The predicted octanol–water partition coefficient (Wildman–Crippen LogP) is 9.54. The smallest absolute Gasteiger partial charge is 0.407 e. The number of hydrogen-bond acceptors (Lipinski definition) is 10. The molecule has 1 aliphatic rings. The molecule has 1 fully saturated rings. The van der Waals surface area contributed by atoms with Gasteiger partial charge >= 0.3 is 6.09 Å². The predicted molar refractivity (Wildman–Crippen MR) is 261 cm³/mol. The molecule has 4 heterocycles. The second kappa shape index (κ2) is 21.7. The zero-order valence-corrected chi connectivity index (χ0v) is 43.2. The fourth-order valence-corrected chi connectivity index (χ4v) is 9.06. The van der Waals surface area contributed by atoms with Gasteiger partial charge in [0.1, 0.15) is 25.8 Å². The SMILES string of the molecule is CC(C)(C)OC(=O)NCC1CCN(c2ccc(-c3cnn(COCC[Si](C)(C)C)c3)cc2NC(=O)c2nc(-c3cnn(COCC[Si](C)(C)C)c3)cn2COCC[Si](C)(C)C)CC1. The molecule has 348 valence electrons. The average molecular weight is 922 g/mol. The molecule has 4 aromatic rings. The van der Waals surface area contributed by atoms with Crippen LogP contribution in [0.5, 0.6) is 0 Å². The highest BCUT2D eigenvalue weighted by Crippen LogP contribution is 2.35. The molecule has 1 saturated heterocycles. The number of nitrogens with one attached hydrogen (secondary N) is 2. The third kappa shape index (κ3) is 17.1. The summed E-state index contributed by atoms with van der Waals surface area (Å²) in [6.45, 7) is 31.5. The van der Waals surface area contributed by atoms with Crippen LogP contribution in [0.3, 0.4) is 0 Å². The van der Waals surface area contributed by atoms with Crippen molar-refractivity contribution >= 4 is 47.6 Å². The van der Waals surface area contributed by atoms with E-state index in [1.165, 1.54) is 0 Å². The van der Waals surface area contributed by atoms with Gasteiger partial charge in [0, 0.05) is 93.4 Å². The van der Waals surface area contributed by atoms with Gasteiger partial charge in [-0.25, -0.2) is 19.1 Å². The Hall–Kier alpha value is -4.08. The van der Waals surface area contributed by atoms with Gasteiger partial charge in [-0.05, 0) is 75.4 Å². The van der Waals surface area contributed by atoms with E-state index in [1.807, 2.05) is 56.3 Å². The van der Waals surface area contributed by atoms with Gasteiger partial charge in [0.2, 0.25) is 5.82 Å². The quantitative estimate of drug-likeness (QED) is 0.0576. The highest BCUT2D eigenvalue weighted by Gasteiger charge is 2.26. The number of hydrogen-bond donors (Lipinski definition) is 2. The number of aromatic nitrogens is 6. The van der Waals surface area contributed by atoms with Gasteiger partial charge in [0.15, 0.2) is 0 Å². The summed E-state index contributed by atoms with van der Waals surface area (Å²) in [4.78, 5) is 34.1. The molecule has 3 aromatic heterocycles. The molecule has 2 N–H and O–H groups in total. The Morgan fingerprint density at radius 2 is 1.27 bits per heavy atom. The minimum atomic E-state index is -1.34. The van der Waals surface area contributed by atoms with Gasteiger partial charge in [0.25, 0.3) is 5.91 Å². The topological polar surface area (TPSA) is 152 Å². The first-order chi connectivity index (χ1) is 29.5. The first-order valence-corrected chi connectivity index (χ1v) is 33.7. The van der Waals surface area contributed by atoms with Crippen molar-refractivity contribution < 1.29 is 28.5 Å². The maximum atomic E-state index is 14.6. The third-order valence-corrected chi connectivity index (χ3v) is 15.8. The molecule has 0 saturated carbocycles. The molecule has 0 aliphatic carbocycles. The highest BCUT2D eigenvalue weighted by molar-refractivity contribution is 6.76. The zero-order chi connectivity index (χ0) is 46.0. The fourth-order valence-electron chi connectivity index (χ4n) is 6.79. The summed E-state index contributed by atoms with van der Waals surface area (Å²) in [5.74, 6) is 0.194. The standard InChI is InChI=1S/C45H75N9O6Si3/c1-45(2,3)60-44(56)46-26-35-15-17-51(18-16-35)41-14-13-36(37-27-47-53(29-37)33-58-20-23-62(7,8)9)25-39(41)50-43(55)42-49-40(31-52(42)32-57-19-22-61(4,5)6)38-28-48-54(30-38)34-59-21-24-63(10,11)12/h13-14,25,27-31,35H,15-24,26,32-34H2,1-12H3,(H,46,56)(H,50,55). The van der Waals surface area contributed by atoms with Crippen molar-refractivity contribution in [1.29, 1.82) is 0 Å². The van der Waals surface area contributed by atoms with Crippen LogP contribution >= 0.6 is 0 Å². The normalized spacial score (nSPS) is 14.3. The molecular formula is C45H75N9O6Si3. The van der Waals surface area contributed by atoms with Crippen molar-refractivity contribution in [3.8, 4) is 22.4 Å². The van der Waals surface area contributed by atoms with Crippen molar-refractivity contribution in [2.75, 3.05) is 49.7 Å². The number of carbonyl (C=O) groups is 2. The number of ether oxygens (including phenoxy) is 4. The van der Waals surface area contributed by atoms with E-state index < -0.39 is 35.9 Å². The molecule has 63 heavy (non-hydrogen) atoms. The molecule has 0 bridgehead atoms. The van der Waals surface area contributed by atoms with Crippen LogP contribution in [0, 0.1) is 5.92 Å². The lowest BCUT2D eigenvalue weighted by molar-refractivity contribution is 0.0516. The summed E-state index contributed by atoms with van der Waals surface area (Å²) in [7, 11) is -3.75. The number of benzene rings is 1. The molecule has 5 rings (SSSR count). The number of imidazole rings is 1. The third-order valence-electron chi connectivity index (χ3n) is 10.7. The maximum Gasteiger partial charge on any atom is 0.407 e. The van der Waals surface area contributed by atoms with Gasteiger partial charge < -0.3 is 39.0 Å². The lowest BCUT2D eigenvalue weighted by Crippen LogP contribution is -2.40. The molecule has 0 atom stereocenters. The maximum absolute atomic E-state index is 14.6. The minimum Gasteiger partial charge on any atom is -0.444 e. The molecule has 0 radical (unpaired) electrons. The van der Waals surface area contributed by atoms with Crippen LogP contribution in [0.1, 0.15) is 44.2 Å². The van der Waals surface area contributed by atoms with Crippen molar-refractivity contribution in [3.63, 3.8) is 0 Å². The second-order valence-corrected chi connectivity index (χ2v) is 38.4. The van der Waals surface area contributed by atoms with E-state index in [0.29, 0.717) is 57.1 Å². The summed E-state index contributed by atoms with van der Waals surface area (Å²) < 4.78 is 28.9. The molecule has 15 nitrogen and oxygen atoms in total. The first-order valence-electron chi connectivity index (χ1n) is 22.5. The number of carbonyl (C=O) groups excluding carboxylic acids is 2. The summed E-state index contributed by atoms with van der Waals surface area (Å²) >= 11 is 0. The number of nitrogens with zero attached hydrogens (tertiary/aromatic N) is 7. The van der Waals surface area contributed by atoms with Gasteiger partial charge in [-0.2, -0.15) is 10.2 Å². The van der Waals surface area contributed by atoms with E-state index in [2.05, 4.69) is 96.8 Å². The Labute approximate surface area is 378 Å². The van der Waals surface area contributed by atoms with Crippen LogP contribution in [-0.2, 0) is 39.1 Å². The van der Waals surface area contributed by atoms with Gasteiger partial charge in [-0.3, -0.25) is 4.79 Å². The molecule has 0 spiro atoms. The number of piperidine rings is 1. The minimum absolute atomic E-state index is 0.186. The van der Waals surface area contributed by atoms with E-state index >= 15 is 0 Å². The van der Waals surface area contributed by atoms with E-state index in [0.717, 1.165) is 66.4 Å². The summed E-state index contributed by atoms with van der Waals surface area (Å²) in [6, 6.07) is 9.34. The second-order valence-electron chi connectivity index (χ2n) is 21.5. The fraction of sp³-hybridized carbons (Fsp3) is 0.622. The Balaban J connectivity index is 1.38. The first kappa shape index (κ1) is 49.9. The zero-order valence-electron chi connectivity index (χ0n) is 40.2. The van der Waals surface area contributed by atoms with E-state index in [1.54, 1.807) is 15.4 Å². The van der Waals surface area contributed by atoms with Gasteiger partial charge in [-0.15, -0.1) is 0 Å². The lowest BCUT2D eigenvalue weighted by Gasteiger charge is -2.35. The van der Waals surface area contributed by atoms with Crippen molar-refractivity contribution in [2.24, 2.45) is 5.92 Å². The Morgan fingerprint density at radius 1 is 0.730 bits per heavy atom. The van der Waals surface area contributed by atoms with Crippen molar-refractivity contribution in [2.45, 2.75) is 136 Å². The van der Waals surface area contributed by atoms with E-state index in [9.17, 15) is 9.59 Å². The number of amides is 2. The molecular weight excluding hydrogens is 847 g/mol. The molecule has 1 aliphatic heterocycles. The van der Waals surface area contributed by atoms with Crippen LogP contribution in [-0.4, -0.2) is 110 Å². The van der Waals surface area contributed by atoms with Crippen LogP contribution in [0.4, 0.5) is 16.2 Å². The van der Waals surface area contributed by atoms with E-state index in [-0.39, 0.29) is 18.5 Å². The molecule has 18 heteroatoms. The summed E-state index contributed by atoms with van der Waals surface area (Å²) in [5, 5.41) is 15.3. The number of anilines is 2. The number of alkyl carbamates (subject to hydrolysis) is 1. The van der Waals surface area contributed by atoms with Gasteiger partial charge in [0.05, 0.1) is 29.5 Å². The molecule has 0 unspecified atom stereocenters. The largest absolute Gasteiger partial charge is 0.444 e. The molecule has 1 aromatic carbocycles. The summed E-state index contributed by atoms with van der Waals surface area (Å²) in [6.07, 6.45) is 10.7. The average Bonchev–Trinajstić information content (AvgIpc) is 3.95. The van der Waals surface area contributed by atoms with Crippen molar-refractivity contribution in [3.05, 3.63) is 55.0 Å². The van der Waals surface area contributed by atoms with Crippen LogP contribution < -0.4 is 15.5 Å². The van der Waals surface area contributed by atoms with E-state index in [4.69, 9.17) is 23.9 Å².